The summed E-state index contributed by atoms with van der Waals surface area (Å²) in [6.07, 6.45) is 3.71. The van der Waals surface area contributed by atoms with Crippen LogP contribution < -0.4 is 0 Å². The Balaban J connectivity index is 1.42. The molecule has 8 aromatic rings. The minimum absolute atomic E-state index is 0.0536. The smallest absolute Gasteiger partial charge is 0.111 e. The minimum atomic E-state index is -2.38. The molecule has 0 spiro atoms. The first kappa shape index (κ1) is 21.2. The molecular weight excluding hydrogens is 510 g/mol. The second-order valence-corrected chi connectivity index (χ2v) is 10.4. The van der Waals surface area contributed by atoms with E-state index >= 15 is 0 Å². The number of benzene rings is 6. The molecular formula is C39H27N3. The monoisotopic (exact) mass is 540 g/mol. The van der Waals surface area contributed by atoms with Crippen LogP contribution in [0.4, 0.5) is 0 Å². The maximum Gasteiger partial charge on any atom is 0.111 e. The number of aromatic nitrogens is 3. The Hall–Kier alpha value is -5.54. The van der Waals surface area contributed by atoms with Crippen molar-refractivity contribution in [1.82, 2.24) is 14.5 Å². The van der Waals surface area contributed by atoms with E-state index in [1.165, 1.54) is 5.56 Å². The average Bonchev–Trinajstić information content (AvgIpc) is 3.48. The lowest BCUT2D eigenvalue weighted by molar-refractivity contribution is 1.00. The highest BCUT2D eigenvalue weighted by atomic mass is 15.1. The molecule has 2 aromatic heterocycles. The second-order valence-electron chi connectivity index (χ2n) is 10.4. The van der Waals surface area contributed by atoms with Crippen molar-refractivity contribution in [3.05, 3.63) is 152 Å². The molecule has 6 aromatic carbocycles. The van der Waals surface area contributed by atoms with Gasteiger partial charge in [0.05, 0.1) is 11.0 Å². The van der Waals surface area contributed by atoms with Crippen LogP contribution in [-0.4, -0.2) is 14.5 Å². The third-order valence-corrected chi connectivity index (χ3v) is 8.05. The first-order valence-corrected chi connectivity index (χ1v) is 14.0. The first-order chi connectivity index (χ1) is 22.0. The summed E-state index contributed by atoms with van der Waals surface area (Å²) < 4.78 is 26.6. The molecule has 198 valence electrons. The van der Waals surface area contributed by atoms with Crippen LogP contribution in [0.15, 0.2) is 146 Å². The van der Waals surface area contributed by atoms with Crippen LogP contribution in [0.1, 0.15) is 9.94 Å². The third kappa shape index (κ3) is 3.82. The van der Waals surface area contributed by atoms with Crippen LogP contribution in [0.3, 0.4) is 0 Å². The molecule has 0 aliphatic carbocycles. The molecule has 0 amide bonds. The molecule has 0 N–H and O–H groups in total. The maximum atomic E-state index is 8.26. The highest BCUT2D eigenvalue weighted by molar-refractivity contribution is 6.22. The van der Waals surface area contributed by atoms with E-state index in [-0.39, 0.29) is 5.82 Å². The van der Waals surface area contributed by atoms with Gasteiger partial charge >= 0.3 is 0 Å². The van der Waals surface area contributed by atoms with Gasteiger partial charge in [-0.05, 0) is 86.5 Å². The topological polar surface area (TPSA) is 30.7 Å². The van der Waals surface area contributed by atoms with Crippen molar-refractivity contribution >= 4 is 32.6 Å². The van der Waals surface area contributed by atoms with Crippen LogP contribution in [0, 0.1) is 6.85 Å². The van der Waals surface area contributed by atoms with Crippen LogP contribution >= 0.6 is 0 Å². The lowest BCUT2D eigenvalue weighted by Crippen LogP contribution is -1.98. The summed E-state index contributed by atoms with van der Waals surface area (Å²) in [5, 5.41) is 4.53. The van der Waals surface area contributed by atoms with E-state index in [1.807, 2.05) is 48.7 Å². The predicted octanol–water partition coefficient (Wildman–Crippen LogP) is 10.0. The van der Waals surface area contributed by atoms with Crippen molar-refractivity contribution in [3.63, 3.8) is 0 Å². The zero-order chi connectivity index (χ0) is 30.5. The Kier molecular flexibility index (Phi) is 4.97. The molecule has 0 saturated carbocycles. The van der Waals surface area contributed by atoms with Crippen molar-refractivity contribution in [2.75, 3.05) is 0 Å². The number of hydrogen-bond donors (Lipinski definition) is 0. The summed E-state index contributed by atoms with van der Waals surface area (Å²) >= 11 is 0. The van der Waals surface area contributed by atoms with Gasteiger partial charge in [0.15, 0.2) is 0 Å². The Morgan fingerprint density at radius 2 is 1.21 bits per heavy atom. The van der Waals surface area contributed by atoms with Crippen LogP contribution in [0.25, 0.3) is 71.6 Å². The first-order valence-electron chi connectivity index (χ1n) is 15.5. The van der Waals surface area contributed by atoms with Gasteiger partial charge in [-0.3, -0.25) is 9.55 Å². The van der Waals surface area contributed by atoms with E-state index in [9.17, 15) is 0 Å². The van der Waals surface area contributed by atoms with Gasteiger partial charge in [-0.2, -0.15) is 0 Å². The number of nitrogens with zero attached hydrogens (tertiary/aromatic N) is 3. The van der Waals surface area contributed by atoms with Gasteiger partial charge in [-0.25, -0.2) is 4.98 Å². The number of para-hydroxylation sites is 2. The van der Waals surface area contributed by atoms with E-state index < -0.39 is 6.85 Å². The molecule has 0 bridgehead atoms. The Morgan fingerprint density at radius 3 is 1.93 bits per heavy atom. The van der Waals surface area contributed by atoms with Gasteiger partial charge in [-0.1, -0.05) is 103 Å². The molecule has 3 nitrogen and oxygen atoms in total. The van der Waals surface area contributed by atoms with E-state index in [4.69, 9.17) is 4.11 Å². The van der Waals surface area contributed by atoms with Gasteiger partial charge in [-0.15, -0.1) is 0 Å². The minimum Gasteiger partial charge on any atom is -0.297 e. The molecule has 0 radical (unpaired) electrons. The molecule has 8 rings (SSSR count). The van der Waals surface area contributed by atoms with Gasteiger partial charge in [0, 0.05) is 27.8 Å². The van der Waals surface area contributed by atoms with Crippen molar-refractivity contribution in [2.45, 2.75) is 6.85 Å². The summed E-state index contributed by atoms with van der Waals surface area (Å²) in [5.41, 5.74) is 8.78. The fourth-order valence-electron chi connectivity index (χ4n) is 6.29. The molecule has 0 aliphatic heterocycles. The lowest BCUT2D eigenvalue weighted by atomic mass is 9.84. The maximum absolute atomic E-state index is 8.26. The SMILES string of the molecule is [2H]C([2H])([2H])c1nc2ccccc2n1-c1cccc(-c2c3ccccc3c(-c3ccccc3-c3cccnc3)c3ccccc23)c1. The zero-order valence-electron chi connectivity index (χ0n) is 25.7. The number of aryl methyl sites for hydroxylation is 1. The molecule has 0 saturated heterocycles. The van der Waals surface area contributed by atoms with E-state index in [0.717, 1.165) is 60.6 Å². The average molecular weight is 541 g/mol. The Bertz CT molecular complexity index is 2320. The molecule has 2 heterocycles. The van der Waals surface area contributed by atoms with Gasteiger partial charge in [0.2, 0.25) is 0 Å². The van der Waals surface area contributed by atoms with Crippen LogP contribution in [0.5, 0.6) is 0 Å². The Labute approximate surface area is 248 Å². The largest absolute Gasteiger partial charge is 0.297 e. The number of pyridine rings is 1. The zero-order valence-corrected chi connectivity index (χ0v) is 22.7. The fraction of sp³-hybridized carbons (Fsp3) is 0.0256. The quantitative estimate of drug-likeness (QED) is 0.208. The predicted molar refractivity (Wildman–Crippen MR) is 175 cm³/mol. The summed E-state index contributed by atoms with van der Waals surface area (Å²) in [5.74, 6) is 0.0536. The number of rotatable bonds is 4. The number of hydrogen-bond acceptors (Lipinski definition) is 2. The highest BCUT2D eigenvalue weighted by Crippen LogP contribution is 2.46. The van der Waals surface area contributed by atoms with Crippen LogP contribution in [-0.2, 0) is 0 Å². The van der Waals surface area contributed by atoms with Gasteiger partial charge < -0.3 is 0 Å². The van der Waals surface area contributed by atoms with Crippen molar-refractivity contribution in [2.24, 2.45) is 0 Å². The summed E-state index contributed by atoms with van der Waals surface area (Å²) in [7, 11) is 0. The second kappa shape index (κ2) is 9.83. The normalized spacial score (nSPS) is 12.8. The third-order valence-electron chi connectivity index (χ3n) is 8.05. The van der Waals surface area contributed by atoms with E-state index in [1.54, 1.807) is 10.8 Å². The Morgan fingerprint density at radius 1 is 0.571 bits per heavy atom. The van der Waals surface area contributed by atoms with Crippen molar-refractivity contribution in [3.8, 4) is 39.1 Å². The number of imidazole rings is 1. The summed E-state index contributed by atoms with van der Waals surface area (Å²) in [6.45, 7) is -2.38. The summed E-state index contributed by atoms with van der Waals surface area (Å²) in [4.78, 5) is 8.94. The van der Waals surface area contributed by atoms with Crippen molar-refractivity contribution in [1.29, 1.82) is 0 Å². The standard InChI is InChI=1S/C39H27N3/c1-26-41-36-21-8-9-22-37(36)42(26)29-14-10-12-27(24-29)38-32-17-4-6-19-34(32)39(35-20-7-5-18-33(35)38)31-16-3-2-15-30(31)28-13-11-23-40-25-28/h2-25H,1H3/i1D3. The molecule has 42 heavy (non-hydrogen) atoms. The van der Waals surface area contributed by atoms with E-state index in [0.29, 0.717) is 5.52 Å². The number of fused-ring (bicyclic) bond motifs is 3. The van der Waals surface area contributed by atoms with Crippen LogP contribution in [0.2, 0.25) is 0 Å². The van der Waals surface area contributed by atoms with E-state index in [2.05, 4.69) is 101 Å². The fourth-order valence-corrected chi connectivity index (χ4v) is 6.29. The van der Waals surface area contributed by atoms with Gasteiger partial charge in [0.1, 0.15) is 5.82 Å². The molecule has 0 fully saturated rings. The lowest BCUT2D eigenvalue weighted by Gasteiger charge is -2.20. The van der Waals surface area contributed by atoms with Gasteiger partial charge in [0.25, 0.3) is 0 Å². The molecule has 3 heteroatoms. The highest BCUT2D eigenvalue weighted by Gasteiger charge is 2.19. The van der Waals surface area contributed by atoms with Crippen molar-refractivity contribution < 1.29 is 4.11 Å². The molecule has 0 unspecified atom stereocenters. The molecule has 0 aliphatic rings. The molecule has 0 atom stereocenters. The summed E-state index contributed by atoms with van der Waals surface area (Å²) in [6, 6.07) is 45.4.